The molecule has 1 heterocycles. The van der Waals surface area contributed by atoms with Crippen LogP contribution >= 0.6 is 0 Å². The fourth-order valence-corrected chi connectivity index (χ4v) is 2.65. The van der Waals surface area contributed by atoms with E-state index >= 15 is 0 Å². The number of amides is 1. The lowest BCUT2D eigenvalue weighted by molar-refractivity contribution is -0.119. The molecule has 4 nitrogen and oxygen atoms in total. The lowest BCUT2D eigenvalue weighted by Gasteiger charge is -2.33. The SMILES string of the molecule is COCC(=O)Nc1ccc(CN2CCCC[C@@H]2C)cc1. The normalized spacial score (nSPS) is 19.8. The zero-order chi connectivity index (χ0) is 14.4. The zero-order valence-electron chi connectivity index (χ0n) is 12.4. The van der Waals surface area contributed by atoms with Crippen molar-refractivity contribution in [2.75, 3.05) is 25.6 Å². The van der Waals surface area contributed by atoms with Crippen LogP contribution in [0.25, 0.3) is 0 Å². The van der Waals surface area contributed by atoms with Gasteiger partial charge < -0.3 is 10.1 Å². The molecule has 1 aromatic rings. The van der Waals surface area contributed by atoms with Crippen LogP contribution in [-0.4, -0.2) is 37.1 Å². The van der Waals surface area contributed by atoms with Gasteiger partial charge >= 0.3 is 0 Å². The minimum Gasteiger partial charge on any atom is -0.375 e. The molecule has 1 saturated heterocycles. The number of hydrogen-bond donors (Lipinski definition) is 1. The summed E-state index contributed by atoms with van der Waals surface area (Å²) >= 11 is 0. The summed E-state index contributed by atoms with van der Waals surface area (Å²) in [6.45, 7) is 4.58. The smallest absolute Gasteiger partial charge is 0.250 e. The maximum atomic E-state index is 11.4. The lowest BCUT2D eigenvalue weighted by Crippen LogP contribution is -2.36. The Labute approximate surface area is 121 Å². The molecule has 0 spiro atoms. The standard InChI is InChI=1S/C16H24N2O2/c1-13-5-3-4-10-18(13)11-14-6-8-15(9-7-14)17-16(19)12-20-2/h6-9,13H,3-5,10-12H2,1-2H3,(H,17,19)/t13-/m0/s1. The highest BCUT2D eigenvalue weighted by Crippen LogP contribution is 2.19. The van der Waals surface area contributed by atoms with Crippen LogP contribution in [0, 0.1) is 0 Å². The third-order valence-corrected chi connectivity index (χ3v) is 3.84. The molecule has 0 bridgehead atoms. The first-order valence-corrected chi connectivity index (χ1v) is 7.31. The van der Waals surface area contributed by atoms with Crippen molar-refractivity contribution in [3.8, 4) is 0 Å². The molecule has 1 atom stereocenters. The third-order valence-electron chi connectivity index (χ3n) is 3.84. The van der Waals surface area contributed by atoms with Crippen molar-refractivity contribution >= 4 is 11.6 Å². The van der Waals surface area contributed by atoms with Crippen LogP contribution in [0.3, 0.4) is 0 Å². The number of carbonyl (C=O) groups is 1. The van der Waals surface area contributed by atoms with Crippen molar-refractivity contribution in [3.63, 3.8) is 0 Å². The van der Waals surface area contributed by atoms with Crippen molar-refractivity contribution in [1.82, 2.24) is 4.90 Å². The number of carbonyl (C=O) groups excluding carboxylic acids is 1. The third kappa shape index (κ3) is 4.32. The lowest BCUT2D eigenvalue weighted by atomic mass is 10.0. The Morgan fingerprint density at radius 1 is 1.35 bits per heavy atom. The van der Waals surface area contributed by atoms with Gasteiger partial charge in [-0.3, -0.25) is 9.69 Å². The van der Waals surface area contributed by atoms with Crippen molar-refractivity contribution in [1.29, 1.82) is 0 Å². The van der Waals surface area contributed by atoms with Crippen molar-refractivity contribution < 1.29 is 9.53 Å². The second kappa shape index (κ2) is 7.41. The van der Waals surface area contributed by atoms with Crippen LogP contribution in [0.5, 0.6) is 0 Å². The van der Waals surface area contributed by atoms with E-state index in [9.17, 15) is 4.79 Å². The summed E-state index contributed by atoms with van der Waals surface area (Å²) < 4.78 is 4.79. The highest BCUT2D eigenvalue weighted by Gasteiger charge is 2.17. The number of nitrogens with one attached hydrogen (secondary N) is 1. The fraction of sp³-hybridized carbons (Fsp3) is 0.562. The Hall–Kier alpha value is -1.39. The van der Waals surface area contributed by atoms with Gasteiger partial charge in [0.15, 0.2) is 0 Å². The molecule has 2 rings (SSSR count). The van der Waals surface area contributed by atoms with Gasteiger partial charge in [0.1, 0.15) is 6.61 Å². The van der Waals surface area contributed by atoms with Crippen LogP contribution < -0.4 is 5.32 Å². The molecule has 1 N–H and O–H groups in total. The van der Waals surface area contributed by atoms with Crippen molar-refractivity contribution in [3.05, 3.63) is 29.8 Å². The molecule has 1 aliphatic heterocycles. The van der Waals surface area contributed by atoms with Gasteiger partial charge in [-0.15, -0.1) is 0 Å². The van der Waals surface area contributed by atoms with Gasteiger partial charge in [-0.05, 0) is 44.0 Å². The van der Waals surface area contributed by atoms with Gasteiger partial charge in [0.2, 0.25) is 5.91 Å². The summed E-state index contributed by atoms with van der Waals surface area (Å²) in [5, 5.41) is 2.80. The largest absolute Gasteiger partial charge is 0.375 e. The molecule has 0 radical (unpaired) electrons. The van der Waals surface area contributed by atoms with Gasteiger partial charge in [-0.2, -0.15) is 0 Å². The second-order valence-corrected chi connectivity index (χ2v) is 5.49. The first-order valence-electron chi connectivity index (χ1n) is 7.31. The van der Waals surface area contributed by atoms with Crippen LogP contribution in [0.1, 0.15) is 31.7 Å². The predicted molar refractivity (Wildman–Crippen MR) is 80.7 cm³/mol. The summed E-state index contributed by atoms with van der Waals surface area (Å²) in [5.74, 6) is -0.120. The number of likely N-dealkylation sites (tertiary alicyclic amines) is 1. The zero-order valence-corrected chi connectivity index (χ0v) is 12.4. The second-order valence-electron chi connectivity index (χ2n) is 5.49. The summed E-state index contributed by atoms with van der Waals surface area (Å²) in [7, 11) is 1.52. The number of nitrogens with zero attached hydrogens (tertiary/aromatic N) is 1. The quantitative estimate of drug-likeness (QED) is 0.899. The maximum Gasteiger partial charge on any atom is 0.250 e. The van der Waals surface area contributed by atoms with Crippen LogP contribution in [0.2, 0.25) is 0 Å². The van der Waals surface area contributed by atoms with E-state index in [1.165, 1.54) is 38.5 Å². The van der Waals surface area contributed by atoms with E-state index in [0.29, 0.717) is 6.04 Å². The molecule has 1 amide bonds. The molecule has 0 aliphatic carbocycles. The summed E-state index contributed by atoms with van der Waals surface area (Å²) in [6.07, 6.45) is 3.95. The average Bonchev–Trinajstić information content (AvgIpc) is 2.44. The van der Waals surface area contributed by atoms with Crippen molar-refractivity contribution in [2.24, 2.45) is 0 Å². The van der Waals surface area contributed by atoms with E-state index in [0.717, 1.165) is 12.2 Å². The minimum absolute atomic E-state index is 0.0903. The number of ether oxygens (including phenoxy) is 1. The molecule has 110 valence electrons. The Morgan fingerprint density at radius 2 is 2.10 bits per heavy atom. The molecule has 1 aromatic carbocycles. The maximum absolute atomic E-state index is 11.4. The van der Waals surface area contributed by atoms with Gasteiger partial charge in [0, 0.05) is 25.4 Å². The number of rotatable bonds is 5. The number of piperidine rings is 1. The molecule has 0 saturated carbocycles. The molecule has 1 fully saturated rings. The van der Waals surface area contributed by atoms with E-state index in [-0.39, 0.29) is 12.5 Å². The molecule has 0 aromatic heterocycles. The number of hydrogen-bond acceptors (Lipinski definition) is 3. The van der Waals surface area contributed by atoms with E-state index in [1.807, 2.05) is 12.1 Å². The molecule has 1 aliphatic rings. The highest BCUT2D eigenvalue weighted by atomic mass is 16.5. The summed E-state index contributed by atoms with van der Waals surface area (Å²) in [6, 6.07) is 8.76. The predicted octanol–water partition coefficient (Wildman–Crippen LogP) is 2.65. The monoisotopic (exact) mass is 276 g/mol. The van der Waals surface area contributed by atoms with Gasteiger partial charge in [0.05, 0.1) is 0 Å². The number of methoxy groups -OCH3 is 1. The Balaban J connectivity index is 1.89. The van der Waals surface area contributed by atoms with E-state index in [1.54, 1.807) is 0 Å². The molecule has 20 heavy (non-hydrogen) atoms. The van der Waals surface area contributed by atoms with E-state index in [4.69, 9.17) is 4.74 Å². The number of anilines is 1. The molecular formula is C16H24N2O2. The first-order chi connectivity index (χ1) is 9.69. The van der Waals surface area contributed by atoms with Crippen LogP contribution in [0.4, 0.5) is 5.69 Å². The Kier molecular flexibility index (Phi) is 5.56. The Bertz CT molecular complexity index is 431. The average molecular weight is 276 g/mol. The topological polar surface area (TPSA) is 41.6 Å². The summed E-state index contributed by atoms with van der Waals surface area (Å²) in [5.41, 5.74) is 2.12. The van der Waals surface area contributed by atoms with Crippen LogP contribution in [-0.2, 0) is 16.1 Å². The highest BCUT2D eigenvalue weighted by molar-refractivity contribution is 5.91. The summed E-state index contributed by atoms with van der Waals surface area (Å²) in [4.78, 5) is 13.9. The Morgan fingerprint density at radius 3 is 2.75 bits per heavy atom. The molecule has 4 heteroatoms. The number of benzene rings is 1. The fourth-order valence-electron chi connectivity index (χ4n) is 2.65. The van der Waals surface area contributed by atoms with Crippen LogP contribution in [0.15, 0.2) is 24.3 Å². The van der Waals surface area contributed by atoms with Gasteiger partial charge in [-0.25, -0.2) is 0 Å². The van der Waals surface area contributed by atoms with Crippen molar-refractivity contribution in [2.45, 2.75) is 38.8 Å². The molecule has 0 unspecified atom stereocenters. The van der Waals surface area contributed by atoms with E-state index < -0.39 is 0 Å². The van der Waals surface area contributed by atoms with E-state index in [2.05, 4.69) is 29.3 Å². The first kappa shape index (κ1) is 15.0. The van der Waals surface area contributed by atoms with Gasteiger partial charge in [0.25, 0.3) is 0 Å². The minimum atomic E-state index is -0.120. The van der Waals surface area contributed by atoms with Gasteiger partial charge in [-0.1, -0.05) is 18.6 Å². The molecular weight excluding hydrogens is 252 g/mol.